The highest BCUT2D eigenvalue weighted by Crippen LogP contribution is 2.30. The van der Waals surface area contributed by atoms with Crippen molar-refractivity contribution in [2.75, 3.05) is 11.9 Å². The molecule has 2 aromatic carbocycles. The van der Waals surface area contributed by atoms with Crippen molar-refractivity contribution in [3.8, 4) is 22.4 Å². The lowest BCUT2D eigenvalue weighted by Gasteiger charge is -2.17. The number of anilines is 1. The second kappa shape index (κ2) is 16.1. The fourth-order valence-corrected chi connectivity index (χ4v) is 6.92. The summed E-state index contributed by atoms with van der Waals surface area (Å²) in [7, 11) is 0. The Labute approximate surface area is 318 Å². The largest absolute Gasteiger partial charge is 0.408 e. The smallest absolute Gasteiger partial charge is 0.316 e. The molecule has 0 bridgehead atoms. The molecule has 13 nitrogen and oxygen atoms in total. The zero-order chi connectivity index (χ0) is 39.4. The van der Waals surface area contributed by atoms with Crippen LogP contribution in [0.5, 0.6) is 0 Å². The maximum Gasteiger partial charge on any atom is 0.408 e. The highest BCUT2D eigenvalue weighted by Gasteiger charge is 2.31. The molecule has 0 radical (unpaired) electrons. The van der Waals surface area contributed by atoms with Crippen LogP contribution in [0.15, 0.2) is 90.1 Å². The molecular formula is C40H37F3N8O5. The lowest BCUT2D eigenvalue weighted by molar-refractivity contribution is -0.143. The number of amides is 4. The average molecular weight is 767 g/mol. The van der Waals surface area contributed by atoms with Crippen molar-refractivity contribution >= 4 is 40.2 Å². The van der Waals surface area contributed by atoms with Gasteiger partial charge in [0.1, 0.15) is 6.54 Å². The Balaban J connectivity index is 1.01. The van der Waals surface area contributed by atoms with E-state index in [1.165, 1.54) is 6.07 Å². The molecule has 0 fully saturated rings. The zero-order valence-electron chi connectivity index (χ0n) is 30.2. The number of aryl methyl sites for hydroxylation is 1. The molecule has 3 aromatic heterocycles. The molecule has 288 valence electrons. The van der Waals surface area contributed by atoms with Gasteiger partial charge in [0.05, 0.1) is 29.5 Å². The number of hydrogen-bond acceptors (Lipinski definition) is 8. The third-order valence-corrected chi connectivity index (χ3v) is 9.79. The second-order valence-electron chi connectivity index (χ2n) is 13.8. The highest BCUT2D eigenvalue weighted by molar-refractivity contribution is 6.14. The normalized spacial score (nSPS) is 13.9. The highest BCUT2D eigenvalue weighted by atomic mass is 19.4. The van der Waals surface area contributed by atoms with Gasteiger partial charge in [-0.1, -0.05) is 43.5 Å². The number of carbonyl (C=O) groups excluding carboxylic acids is 4. The Bertz CT molecular complexity index is 2360. The Morgan fingerprint density at radius 1 is 0.804 bits per heavy atom. The summed E-state index contributed by atoms with van der Waals surface area (Å²) in [5.41, 5.74) is 3.33. The van der Waals surface area contributed by atoms with E-state index in [0.717, 1.165) is 53.9 Å². The number of rotatable bonds is 14. The van der Waals surface area contributed by atoms with Crippen molar-refractivity contribution in [1.29, 1.82) is 0 Å². The Morgan fingerprint density at radius 2 is 1.54 bits per heavy atom. The van der Waals surface area contributed by atoms with Gasteiger partial charge in [-0.15, -0.1) is 0 Å². The summed E-state index contributed by atoms with van der Waals surface area (Å²) in [6.45, 7) is -0.360. The molecule has 0 saturated heterocycles. The minimum Gasteiger partial charge on any atom is -0.316 e. The molecule has 2 aliphatic heterocycles. The summed E-state index contributed by atoms with van der Waals surface area (Å²) in [6.07, 6.45) is 6.82. The van der Waals surface area contributed by atoms with Gasteiger partial charge in [0, 0.05) is 67.2 Å². The first-order chi connectivity index (χ1) is 26.9. The van der Waals surface area contributed by atoms with E-state index in [-0.39, 0.29) is 36.0 Å². The standard InChI is InChI=1S/C40H37F3N8O5/c41-40(42,43)25-51-38(55)32(19-34(47-51)26-10-12-29(13-11-26)46-39(56)48-22-27-16-17-44-20-28(27)23-48)31-8-6-9-35-33(31)21-45-50(35)18-5-3-1-2-4-7-30(52)24-49-36(53)14-15-37(49)54/h6,8-17,19-21H,1-5,7,18,22-25H2,(H,46,56). The molecule has 7 rings (SSSR count). The van der Waals surface area contributed by atoms with E-state index >= 15 is 0 Å². The van der Waals surface area contributed by atoms with E-state index in [1.54, 1.807) is 64.6 Å². The van der Waals surface area contributed by atoms with E-state index in [4.69, 9.17) is 0 Å². The third-order valence-electron chi connectivity index (χ3n) is 9.79. The minimum atomic E-state index is -4.70. The Kier molecular flexibility index (Phi) is 10.9. The van der Waals surface area contributed by atoms with Crippen LogP contribution in [0.25, 0.3) is 33.3 Å². The summed E-state index contributed by atoms with van der Waals surface area (Å²) in [4.78, 5) is 68.8. The molecule has 1 N–H and O–H groups in total. The molecule has 4 amide bonds. The van der Waals surface area contributed by atoms with Gasteiger partial charge in [0.2, 0.25) is 0 Å². The summed E-state index contributed by atoms with van der Waals surface area (Å²) < 4.78 is 43.3. The molecule has 0 unspecified atom stereocenters. The molecule has 5 aromatic rings. The fraction of sp³-hybridized carbons (Fsp3) is 0.300. The Morgan fingerprint density at radius 3 is 2.29 bits per heavy atom. The first-order valence-electron chi connectivity index (χ1n) is 18.2. The van der Waals surface area contributed by atoms with Gasteiger partial charge < -0.3 is 10.2 Å². The number of halogens is 3. The van der Waals surface area contributed by atoms with Crippen molar-refractivity contribution < 1.29 is 32.3 Å². The molecule has 0 atom stereocenters. The van der Waals surface area contributed by atoms with E-state index in [0.29, 0.717) is 58.5 Å². The number of fused-ring (bicyclic) bond motifs is 2. The second-order valence-corrected chi connectivity index (χ2v) is 13.8. The summed E-state index contributed by atoms with van der Waals surface area (Å²) in [5, 5.41) is 12.1. The molecule has 0 spiro atoms. The van der Waals surface area contributed by atoms with Gasteiger partial charge in [-0.05, 0) is 59.9 Å². The fourth-order valence-electron chi connectivity index (χ4n) is 6.92. The number of unbranched alkanes of at least 4 members (excludes halogenated alkanes) is 4. The van der Waals surface area contributed by atoms with Crippen molar-refractivity contribution in [2.24, 2.45) is 0 Å². The molecule has 0 aliphatic carbocycles. The van der Waals surface area contributed by atoms with E-state index in [1.807, 2.05) is 12.1 Å². The van der Waals surface area contributed by atoms with Crippen LogP contribution in [0.4, 0.5) is 23.7 Å². The SMILES string of the molecule is O=C(CCCCCCCn1ncc2c(-c3cc(-c4ccc(NC(=O)N5Cc6ccncc6C5)cc4)nn(CC(F)(F)F)c3=O)cccc21)CN1C(=O)C=CC1=O. The molecule has 56 heavy (non-hydrogen) atoms. The van der Waals surface area contributed by atoms with Crippen LogP contribution in [0.1, 0.15) is 49.7 Å². The molecule has 16 heteroatoms. The van der Waals surface area contributed by atoms with Crippen molar-refractivity contribution in [3.63, 3.8) is 0 Å². The predicted molar refractivity (Wildman–Crippen MR) is 200 cm³/mol. The monoisotopic (exact) mass is 766 g/mol. The van der Waals surface area contributed by atoms with Crippen molar-refractivity contribution in [2.45, 2.75) is 70.9 Å². The van der Waals surface area contributed by atoms with Gasteiger partial charge in [-0.3, -0.25) is 33.7 Å². The number of aromatic nitrogens is 5. The number of benzene rings is 2. The van der Waals surface area contributed by atoms with E-state index in [9.17, 15) is 37.1 Å². The summed E-state index contributed by atoms with van der Waals surface area (Å²) in [6, 6.07) is 14.8. The van der Waals surface area contributed by atoms with Gasteiger partial charge in [0.25, 0.3) is 17.4 Å². The molecule has 0 saturated carbocycles. The van der Waals surface area contributed by atoms with Crippen LogP contribution in [0.3, 0.4) is 0 Å². The number of nitrogens with one attached hydrogen (secondary N) is 1. The number of urea groups is 1. The average Bonchev–Trinajstić information content (AvgIpc) is 3.89. The zero-order valence-corrected chi connectivity index (χ0v) is 30.2. The van der Waals surface area contributed by atoms with Crippen LogP contribution in [-0.2, 0) is 40.6 Å². The minimum absolute atomic E-state index is 0.0362. The van der Waals surface area contributed by atoms with Crippen LogP contribution >= 0.6 is 0 Å². The summed E-state index contributed by atoms with van der Waals surface area (Å²) >= 11 is 0. The number of ketones is 1. The number of alkyl halides is 3. The van der Waals surface area contributed by atoms with Crippen LogP contribution in [0.2, 0.25) is 0 Å². The molecule has 5 heterocycles. The van der Waals surface area contributed by atoms with Crippen molar-refractivity contribution in [3.05, 3.63) is 107 Å². The quantitative estimate of drug-likeness (QED) is 0.103. The van der Waals surface area contributed by atoms with Crippen LogP contribution in [0, 0.1) is 0 Å². The number of nitrogens with zero attached hydrogens (tertiary/aromatic N) is 7. The van der Waals surface area contributed by atoms with E-state index in [2.05, 4.69) is 20.5 Å². The van der Waals surface area contributed by atoms with Crippen LogP contribution in [-0.4, -0.2) is 70.7 Å². The maximum atomic E-state index is 13.7. The predicted octanol–water partition coefficient (Wildman–Crippen LogP) is 6.27. The number of Topliss-reactive ketones (excluding diaryl/α,β-unsaturated/α-hetero) is 1. The summed E-state index contributed by atoms with van der Waals surface area (Å²) in [5.74, 6) is -1.11. The van der Waals surface area contributed by atoms with E-state index < -0.39 is 30.1 Å². The molecular weight excluding hydrogens is 729 g/mol. The lowest BCUT2D eigenvalue weighted by Crippen LogP contribution is -2.34. The van der Waals surface area contributed by atoms with Crippen molar-refractivity contribution in [1.82, 2.24) is 34.3 Å². The number of hydrogen-bond donors (Lipinski definition) is 1. The Hall–Kier alpha value is -6.45. The third kappa shape index (κ3) is 8.59. The first kappa shape index (κ1) is 37.8. The number of imide groups is 1. The van der Waals surface area contributed by atoms with Gasteiger partial charge in [0.15, 0.2) is 5.78 Å². The van der Waals surface area contributed by atoms with Gasteiger partial charge in [-0.2, -0.15) is 23.4 Å². The van der Waals surface area contributed by atoms with Gasteiger partial charge in [-0.25, -0.2) is 9.48 Å². The molecule has 2 aliphatic rings. The van der Waals surface area contributed by atoms with Crippen LogP contribution < -0.4 is 10.9 Å². The first-order valence-corrected chi connectivity index (χ1v) is 18.2. The topological polar surface area (TPSA) is 152 Å². The maximum absolute atomic E-state index is 13.7. The number of pyridine rings is 1. The lowest BCUT2D eigenvalue weighted by atomic mass is 10.0. The number of carbonyl (C=O) groups is 4. The van der Waals surface area contributed by atoms with Gasteiger partial charge >= 0.3 is 12.2 Å².